The number of benzene rings is 1. The van der Waals surface area contributed by atoms with Crippen LogP contribution in [0.2, 0.25) is 0 Å². The Balaban J connectivity index is 1.80. The standard InChI is InChI=1S/C14H12N6O/c1-9-6-16-12(7-15-9)14(21)19-11-4-2-3-10(5-11)13-17-8-18-20-13/h2-8H,1H3,(H,19,21)(H,17,18,20). The van der Waals surface area contributed by atoms with Crippen molar-refractivity contribution in [1.82, 2.24) is 25.1 Å². The lowest BCUT2D eigenvalue weighted by Crippen LogP contribution is -2.14. The van der Waals surface area contributed by atoms with Crippen LogP contribution in [0.1, 0.15) is 16.2 Å². The molecule has 1 aromatic carbocycles. The van der Waals surface area contributed by atoms with Gasteiger partial charge in [0.15, 0.2) is 5.82 Å². The van der Waals surface area contributed by atoms with Crippen LogP contribution in [0.5, 0.6) is 0 Å². The number of nitrogens with one attached hydrogen (secondary N) is 2. The molecule has 0 unspecified atom stereocenters. The molecule has 0 radical (unpaired) electrons. The highest BCUT2D eigenvalue weighted by atomic mass is 16.1. The van der Waals surface area contributed by atoms with Gasteiger partial charge in [0.05, 0.1) is 11.9 Å². The van der Waals surface area contributed by atoms with Crippen molar-refractivity contribution in [1.29, 1.82) is 0 Å². The predicted octanol–water partition coefficient (Wildman–Crippen LogP) is 1.82. The average Bonchev–Trinajstić information content (AvgIpc) is 3.02. The number of hydrogen-bond acceptors (Lipinski definition) is 5. The fourth-order valence-electron chi connectivity index (χ4n) is 1.79. The van der Waals surface area contributed by atoms with Crippen molar-refractivity contribution >= 4 is 11.6 Å². The summed E-state index contributed by atoms with van der Waals surface area (Å²) >= 11 is 0. The van der Waals surface area contributed by atoms with Crippen LogP contribution in [0.25, 0.3) is 11.4 Å². The highest BCUT2D eigenvalue weighted by Crippen LogP contribution is 2.18. The fourth-order valence-corrected chi connectivity index (χ4v) is 1.79. The molecule has 0 aliphatic heterocycles. The highest BCUT2D eigenvalue weighted by molar-refractivity contribution is 6.02. The molecular formula is C14H12N6O. The van der Waals surface area contributed by atoms with Gasteiger partial charge in [0.25, 0.3) is 5.91 Å². The van der Waals surface area contributed by atoms with Gasteiger partial charge in [-0.15, -0.1) is 0 Å². The lowest BCUT2D eigenvalue weighted by Gasteiger charge is -2.06. The maximum atomic E-state index is 12.1. The quantitative estimate of drug-likeness (QED) is 0.762. The number of H-pyrrole nitrogens is 1. The molecule has 104 valence electrons. The molecule has 3 rings (SSSR count). The Morgan fingerprint density at radius 1 is 1.19 bits per heavy atom. The van der Waals surface area contributed by atoms with E-state index in [2.05, 4.69) is 30.5 Å². The summed E-state index contributed by atoms with van der Waals surface area (Å²) in [5.74, 6) is 0.332. The molecule has 21 heavy (non-hydrogen) atoms. The van der Waals surface area contributed by atoms with Crippen LogP contribution in [0.4, 0.5) is 5.69 Å². The van der Waals surface area contributed by atoms with Crippen molar-refractivity contribution in [3.8, 4) is 11.4 Å². The maximum absolute atomic E-state index is 12.1. The number of anilines is 1. The number of carbonyl (C=O) groups excluding carboxylic acids is 1. The zero-order chi connectivity index (χ0) is 14.7. The van der Waals surface area contributed by atoms with Crippen LogP contribution >= 0.6 is 0 Å². The Hall–Kier alpha value is -3.09. The Labute approximate surface area is 120 Å². The number of hydrogen-bond donors (Lipinski definition) is 2. The number of aryl methyl sites for hydroxylation is 1. The van der Waals surface area contributed by atoms with Gasteiger partial charge in [0, 0.05) is 17.4 Å². The first kappa shape index (κ1) is 12.9. The molecule has 2 aromatic heterocycles. The zero-order valence-electron chi connectivity index (χ0n) is 11.2. The molecule has 0 bridgehead atoms. The first-order valence-corrected chi connectivity index (χ1v) is 6.28. The SMILES string of the molecule is Cc1cnc(C(=O)Nc2cccc(-c3ncn[nH]3)c2)cn1. The van der Waals surface area contributed by atoms with Crippen molar-refractivity contribution < 1.29 is 4.79 Å². The number of aromatic nitrogens is 5. The summed E-state index contributed by atoms with van der Waals surface area (Å²) in [6.45, 7) is 1.82. The largest absolute Gasteiger partial charge is 0.321 e. The van der Waals surface area contributed by atoms with Crippen molar-refractivity contribution in [2.45, 2.75) is 6.92 Å². The molecule has 1 amide bonds. The molecule has 7 heteroatoms. The molecule has 0 saturated heterocycles. The van der Waals surface area contributed by atoms with Gasteiger partial charge in [-0.1, -0.05) is 12.1 Å². The molecule has 0 saturated carbocycles. The predicted molar refractivity (Wildman–Crippen MR) is 76.5 cm³/mol. The van der Waals surface area contributed by atoms with Crippen molar-refractivity contribution in [2.75, 3.05) is 5.32 Å². The first-order chi connectivity index (χ1) is 10.2. The smallest absolute Gasteiger partial charge is 0.275 e. The number of aromatic amines is 1. The van der Waals surface area contributed by atoms with Crippen LogP contribution in [-0.4, -0.2) is 31.1 Å². The third-order valence-corrected chi connectivity index (χ3v) is 2.82. The van der Waals surface area contributed by atoms with Gasteiger partial charge in [-0.3, -0.25) is 14.9 Å². The van der Waals surface area contributed by atoms with E-state index in [0.29, 0.717) is 11.5 Å². The molecular weight excluding hydrogens is 268 g/mol. The van der Waals surface area contributed by atoms with E-state index in [1.165, 1.54) is 12.5 Å². The summed E-state index contributed by atoms with van der Waals surface area (Å²) in [7, 11) is 0. The van der Waals surface area contributed by atoms with E-state index in [4.69, 9.17) is 0 Å². The topological polar surface area (TPSA) is 96.5 Å². The summed E-state index contributed by atoms with van der Waals surface area (Å²) in [4.78, 5) is 24.2. The van der Waals surface area contributed by atoms with E-state index in [0.717, 1.165) is 11.3 Å². The lowest BCUT2D eigenvalue weighted by atomic mass is 10.2. The number of carbonyl (C=O) groups is 1. The average molecular weight is 280 g/mol. The maximum Gasteiger partial charge on any atom is 0.275 e. The Bertz CT molecular complexity index is 751. The molecule has 0 aliphatic carbocycles. The van der Waals surface area contributed by atoms with Gasteiger partial charge >= 0.3 is 0 Å². The van der Waals surface area contributed by atoms with E-state index in [-0.39, 0.29) is 11.6 Å². The minimum absolute atomic E-state index is 0.269. The molecule has 3 aromatic rings. The second kappa shape index (κ2) is 5.49. The van der Waals surface area contributed by atoms with Crippen molar-refractivity contribution in [3.63, 3.8) is 0 Å². The second-order valence-corrected chi connectivity index (χ2v) is 4.41. The summed E-state index contributed by atoms with van der Waals surface area (Å²) in [5, 5.41) is 9.36. The van der Waals surface area contributed by atoms with Crippen LogP contribution in [-0.2, 0) is 0 Å². The van der Waals surface area contributed by atoms with Gasteiger partial charge < -0.3 is 5.32 Å². The van der Waals surface area contributed by atoms with Crippen LogP contribution in [0.15, 0.2) is 43.0 Å². The van der Waals surface area contributed by atoms with Gasteiger partial charge in [-0.05, 0) is 19.1 Å². The molecule has 0 fully saturated rings. The number of amides is 1. The normalized spacial score (nSPS) is 10.3. The van der Waals surface area contributed by atoms with E-state index in [1.54, 1.807) is 18.3 Å². The second-order valence-electron chi connectivity index (χ2n) is 4.41. The van der Waals surface area contributed by atoms with E-state index >= 15 is 0 Å². The third kappa shape index (κ3) is 2.92. The van der Waals surface area contributed by atoms with E-state index < -0.39 is 0 Å². The van der Waals surface area contributed by atoms with E-state index in [9.17, 15) is 4.79 Å². The minimum Gasteiger partial charge on any atom is -0.321 e. The monoisotopic (exact) mass is 280 g/mol. The molecule has 0 atom stereocenters. The van der Waals surface area contributed by atoms with Crippen LogP contribution in [0, 0.1) is 6.92 Å². The number of nitrogens with zero attached hydrogens (tertiary/aromatic N) is 4. The zero-order valence-corrected chi connectivity index (χ0v) is 11.2. The van der Waals surface area contributed by atoms with Gasteiger partial charge in [0.1, 0.15) is 12.0 Å². The van der Waals surface area contributed by atoms with Crippen LogP contribution < -0.4 is 5.32 Å². The Morgan fingerprint density at radius 2 is 2.10 bits per heavy atom. The van der Waals surface area contributed by atoms with Gasteiger partial charge in [0.2, 0.25) is 0 Å². The van der Waals surface area contributed by atoms with E-state index in [1.807, 2.05) is 19.1 Å². The van der Waals surface area contributed by atoms with Gasteiger partial charge in [-0.25, -0.2) is 9.97 Å². The third-order valence-electron chi connectivity index (χ3n) is 2.82. The molecule has 2 N–H and O–H groups in total. The molecule has 2 heterocycles. The lowest BCUT2D eigenvalue weighted by molar-refractivity contribution is 0.102. The summed E-state index contributed by atoms with van der Waals surface area (Å²) < 4.78 is 0. The fraction of sp³-hybridized carbons (Fsp3) is 0.0714. The molecule has 0 aliphatic rings. The Morgan fingerprint density at radius 3 is 2.81 bits per heavy atom. The number of rotatable bonds is 3. The van der Waals surface area contributed by atoms with Crippen LogP contribution in [0.3, 0.4) is 0 Å². The summed E-state index contributed by atoms with van der Waals surface area (Å²) in [6, 6.07) is 7.30. The van der Waals surface area contributed by atoms with Gasteiger partial charge in [-0.2, -0.15) is 5.10 Å². The summed E-state index contributed by atoms with van der Waals surface area (Å²) in [5.41, 5.74) is 2.51. The highest BCUT2D eigenvalue weighted by Gasteiger charge is 2.09. The van der Waals surface area contributed by atoms with Crippen molar-refractivity contribution in [3.05, 3.63) is 54.4 Å². The van der Waals surface area contributed by atoms with Crippen molar-refractivity contribution in [2.24, 2.45) is 0 Å². The summed E-state index contributed by atoms with van der Waals surface area (Å²) in [6.07, 6.45) is 4.44. The first-order valence-electron chi connectivity index (χ1n) is 6.28. The molecule has 7 nitrogen and oxygen atoms in total. The Kier molecular flexibility index (Phi) is 3.38. The molecule has 0 spiro atoms. The minimum atomic E-state index is -0.308.